The molecular formula is C8H9Cl2O3P. The predicted molar refractivity (Wildman–Crippen MR) is 57.5 cm³/mol. The number of rotatable bonds is 3. The fourth-order valence-corrected chi connectivity index (χ4v) is 2.73. The highest BCUT2D eigenvalue weighted by Crippen LogP contribution is 2.41. The molecule has 0 spiro atoms. The van der Waals surface area contributed by atoms with Crippen LogP contribution in [0.25, 0.3) is 0 Å². The average molecular weight is 255 g/mol. The second-order valence-corrected chi connectivity index (χ2v) is 5.25. The summed E-state index contributed by atoms with van der Waals surface area (Å²) in [5.74, 6) is 0. The van der Waals surface area contributed by atoms with E-state index in [4.69, 9.17) is 27.7 Å². The Morgan fingerprint density at radius 1 is 1.36 bits per heavy atom. The van der Waals surface area contributed by atoms with Crippen molar-refractivity contribution in [3.63, 3.8) is 0 Å². The molecule has 6 heteroatoms. The van der Waals surface area contributed by atoms with E-state index in [1.165, 1.54) is 18.2 Å². The molecule has 0 heterocycles. The van der Waals surface area contributed by atoms with Crippen LogP contribution in [0.2, 0.25) is 10.0 Å². The molecule has 0 aliphatic carbocycles. The van der Waals surface area contributed by atoms with Crippen molar-refractivity contribution < 1.29 is 14.0 Å². The van der Waals surface area contributed by atoms with Crippen LogP contribution in [-0.2, 0) is 9.09 Å². The van der Waals surface area contributed by atoms with Gasteiger partial charge in [-0.25, -0.2) is 0 Å². The maximum absolute atomic E-state index is 11.5. The first kappa shape index (κ1) is 12.0. The number of hydrogen-bond acceptors (Lipinski definition) is 2. The predicted octanol–water partition coefficient (Wildman–Crippen LogP) is 2.84. The number of benzene rings is 1. The third-order valence-electron chi connectivity index (χ3n) is 1.48. The van der Waals surface area contributed by atoms with Gasteiger partial charge in [-0.15, -0.1) is 0 Å². The Kier molecular flexibility index (Phi) is 3.99. The van der Waals surface area contributed by atoms with Crippen molar-refractivity contribution in [2.75, 3.05) is 6.61 Å². The van der Waals surface area contributed by atoms with Crippen LogP contribution < -0.4 is 5.30 Å². The highest BCUT2D eigenvalue weighted by molar-refractivity contribution is 7.61. The fraction of sp³-hybridized carbons (Fsp3) is 0.250. The lowest BCUT2D eigenvalue weighted by atomic mass is 10.4. The van der Waals surface area contributed by atoms with E-state index >= 15 is 0 Å². The van der Waals surface area contributed by atoms with Gasteiger partial charge in [0, 0.05) is 10.0 Å². The lowest BCUT2D eigenvalue weighted by Gasteiger charge is -2.11. The van der Waals surface area contributed by atoms with Crippen LogP contribution in [0, 0.1) is 0 Å². The Morgan fingerprint density at radius 2 is 1.86 bits per heavy atom. The van der Waals surface area contributed by atoms with Gasteiger partial charge < -0.3 is 9.42 Å². The van der Waals surface area contributed by atoms with Crippen LogP contribution in [0.4, 0.5) is 0 Å². The van der Waals surface area contributed by atoms with Crippen molar-refractivity contribution in [1.82, 2.24) is 0 Å². The largest absolute Gasteiger partial charge is 0.358 e. The summed E-state index contributed by atoms with van der Waals surface area (Å²) in [7, 11) is -3.77. The Labute approximate surface area is 92.1 Å². The molecule has 0 bridgehead atoms. The van der Waals surface area contributed by atoms with Crippen LogP contribution in [0.5, 0.6) is 0 Å². The van der Waals surface area contributed by atoms with Crippen molar-refractivity contribution in [2.24, 2.45) is 0 Å². The minimum Gasteiger partial charge on any atom is -0.321 e. The molecule has 0 aromatic heterocycles. The smallest absolute Gasteiger partial charge is 0.321 e. The molecule has 0 aliphatic heterocycles. The van der Waals surface area contributed by atoms with E-state index in [0.29, 0.717) is 10.0 Å². The van der Waals surface area contributed by atoms with Gasteiger partial charge in [0.1, 0.15) is 0 Å². The number of halogens is 2. The zero-order chi connectivity index (χ0) is 10.8. The average Bonchev–Trinajstić information content (AvgIpc) is 2.02. The van der Waals surface area contributed by atoms with Crippen molar-refractivity contribution in [3.05, 3.63) is 28.2 Å². The molecule has 1 aromatic carbocycles. The third kappa shape index (κ3) is 2.97. The highest BCUT2D eigenvalue weighted by atomic mass is 35.5. The van der Waals surface area contributed by atoms with Gasteiger partial charge in [0.15, 0.2) is 0 Å². The zero-order valence-electron chi connectivity index (χ0n) is 7.41. The standard InChI is InChI=1S/C8H9Cl2O3P/c1-2-13-14(11,12)8-4-6(9)3-7(10)5-8/h3-5H,2H2,1H3,(H,11,12). The lowest BCUT2D eigenvalue weighted by Crippen LogP contribution is -2.06. The number of hydrogen-bond donors (Lipinski definition) is 1. The fourth-order valence-electron chi connectivity index (χ4n) is 0.952. The summed E-state index contributed by atoms with van der Waals surface area (Å²) < 4.78 is 16.3. The third-order valence-corrected chi connectivity index (χ3v) is 3.43. The molecule has 0 saturated carbocycles. The Morgan fingerprint density at radius 3 is 2.29 bits per heavy atom. The van der Waals surface area contributed by atoms with E-state index in [2.05, 4.69) is 0 Å². The summed E-state index contributed by atoms with van der Waals surface area (Å²) in [5, 5.41) is 0.722. The minimum atomic E-state index is -3.77. The van der Waals surface area contributed by atoms with Gasteiger partial charge in [-0.3, -0.25) is 4.57 Å². The molecule has 1 rings (SSSR count). The van der Waals surface area contributed by atoms with Crippen LogP contribution in [0.3, 0.4) is 0 Å². The zero-order valence-corrected chi connectivity index (χ0v) is 9.81. The van der Waals surface area contributed by atoms with Gasteiger partial charge in [0.2, 0.25) is 0 Å². The van der Waals surface area contributed by atoms with Gasteiger partial charge in [0.25, 0.3) is 0 Å². The summed E-state index contributed by atoms with van der Waals surface area (Å²) in [6, 6.07) is 4.21. The molecule has 0 amide bonds. The molecular weight excluding hydrogens is 246 g/mol. The molecule has 14 heavy (non-hydrogen) atoms. The van der Waals surface area contributed by atoms with Gasteiger partial charge in [-0.05, 0) is 25.1 Å². The first-order valence-corrected chi connectivity index (χ1v) is 6.23. The van der Waals surface area contributed by atoms with E-state index in [9.17, 15) is 9.46 Å². The van der Waals surface area contributed by atoms with Gasteiger partial charge in [0.05, 0.1) is 11.9 Å². The molecule has 1 N–H and O–H groups in total. The Bertz CT molecular complexity index is 361. The SMILES string of the molecule is CCOP(=O)(O)c1cc(Cl)cc(Cl)c1. The first-order valence-electron chi connectivity index (χ1n) is 3.89. The Balaban J connectivity index is 3.12. The van der Waals surface area contributed by atoms with E-state index < -0.39 is 7.60 Å². The van der Waals surface area contributed by atoms with Crippen molar-refractivity contribution in [1.29, 1.82) is 0 Å². The summed E-state index contributed by atoms with van der Waals surface area (Å²) in [5.41, 5.74) is 0. The molecule has 1 atom stereocenters. The maximum atomic E-state index is 11.5. The topological polar surface area (TPSA) is 46.5 Å². The summed E-state index contributed by atoms with van der Waals surface area (Å²) in [4.78, 5) is 9.45. The molecule has 0 fully saturated rings. The molecule has 0 saturated heterocycles. The van der Waals surface area contributed by atoms with Gasteiger partial charge in [-0.2, -0.15) is 0 Å². The quantitative estimate of drug-likeness (QED) is 0.844. The van der Waals surface area contributed by atoms with Crippen LogP contribution >= 0.6 is 30.8 Å². The van der Waals surface area contributed by atoms with Gasteiger partial charge in [-0.1, -0.05) is 23.2 Å². The molecule has 78 valence electrons. The van der Waals surface area contributed by atoms with E-state index in [0.717, 1.165) is 0 Å². The summed E-state index contributed by atoms with van der Waals surface area (Å²) in [6.07, 6.45) is 0. The highest BCUT2D eigenvalue weighted by Gasteiger charge is 2.22. The lowest BCUT2D eigenvalue weighted by molar-refractivity contribution is 0.284. The minimum absolute atomic E-state index is 0.108. The second-order valence-electron chi connectivity index (χ2n) is 2.57. The van der Waals surface area contributed by atoms with Crippen molar-refractivity contribution in [2.45, 2.75) is 6.92 Å². The normalized spacial score (nSPS) is 15.1. The molecule has 0 radical (unpaired) electrons. The van der Waals surface area contributed by atoms with E-state index in [1.54, 1.807) is 6.92 Å². The monoisotopic (exact) mass is 254 g/mol. The Hall–Kier alpha value is -0.0500. The van der Waals surface area contributed by atoms with Crippen LogP contribution in [0.15, 0.2) is 18.2 Å². The molecule has 1 aromatic rings. The maximum Gasteiger partial charge on any atom is 0.358 e. The molecule has 1 unspecified atom stereocenters. The molecule has 0 aliphatic rings. The molecule has 3 nitrogen and oxygen atoms in total. The van der Waals surface area contributed by atoms with Crippen LogP contribution in [-0.4, -0.2) is 11.5 Å². The van der Waals surface area contributed by atoms with Crippen molar-refractivity contribution >= 4 is 36.1 Å². The summed E-state index contributed by atoms with van der Waals surface area (Å²) >= 11 is 11.4. The van der Waals surface area contributed by atoms with Crippen LogP contribution in [0.1, 0.15) is 6.92 Å². The summed E-state index contributed by atoms with van der Waals surface area (Å²) in [6.45, 7) is 1.78. The van der Waals surface area contributed by atoms with Crippen molar-refractivity contribution in [3.8, 4) is 0 Å². The first-order chi connectivity index (χ1) is 6.45. The second kappa shape index (κ2) is 4.65. The van der Waals surface area contributed by atoms with Gasteiger partial charge >= 0.3 is 7.60 Å². The van der Waals surface area contributed by atoms with E-state index in [1.807, 2.05) is 0 Å². The van der Waals surface area contributed by atoms with E-state index in [-0.39, 0.29) is 11.9 Å².